The number of carbonyl (C=O) groups is 1. The van der Waals surface area contributed by atoms with Gasteiger partial charge in [0.2, 0.25) is 15.9 Å². The highest BCUT2D eigenvalue weighted by Crippen LogP contribution is 2.31. The Hall–Kier alpha value is -2.26. The molecule has 0 aliphatic carbocycles. The second-order valence-corrected chi connectivity index (χ2v) is 9.61. The molecule has 1 amide bonds. The molecule has 1 atom stereocenters. The lowest BCUT2D eigenvalue weighted by Gasteiger charge is -2.25. The van der Waals surface area contributed by atoms with Gasteiger partial charge in [0.05, 0.1) is 32.2 Å². The summed E-state index contributed by atoms with van der Waals surface area (Å²) in [5.41, 5.74) is 2.15. The van der Waals surface area contributed by atoms with E-state index in [1.807, 2.05) is 19.9 Å². The number of hydrogen-bond donors (Lipinski definition) is 1. The van der Waals surface area contributed by atoms with Gasteiger partial charge in [0.1, 0.15) is 6.54 Å². The lowest BCUT2D eigenvalue weighted by atomic mass is 10.0. The number of sulfonamides is 1. The van der Waals surface area contributed by atoms with Crippen LogP contribution in [0.4, 0.5) is 5.69 Å². The molecule has 7 nitrogen and oxygen atoms in total. The molecule has 0 aliphatic rings. The van der Waals surface area contributed by atoms with Crippen molar-refractivity contribution in [3.05, 3.63) is 52.0 Å². The van der Waals surface area contributed by atoms with Crippen molar-refractivity contribution >= 4 is 37.5 Å². The molecule has 30 heavy (non-hydrogen) atoms. The van der Waals surface area contributed by atoms with Crippen molar-refractivity contribution in [2.45, 2.75) is 26.3 Å². The average Bonchev–Trinajstić information content (AvgIpc) is 2.71. The van der Waals surface area contributed by atoms with Crippen molar-refractivity contribution in [2.75, 3.05) is 31.3 Å². The maximum atomic E-state index is 12.8. The van der Waals surface area contributed by atoms with Gasteiger partial charge in [0, 0.05) is 4.47 Å². The number of nitrogens with one attached hydrogen (secondary N) is 1. The van der Waals surface area contributed by atoms with E-state index < -0.39 is 15.9 Å². The number of benzene rings is 2. The van der Waals surface area contributed by atoms with Gasteiger partial charge in [-0.05, 0) is 54.8 Å². The van der Waals surface area contributed by atoms with Gasteiger partial charge in [-0.1, -0.05) is 28.9 Å². The van der Waals surface area contributed by atoms with E-state index in [0.29, 0.717) is 23.6 Å². The summed E-state index contributed by atoms with van der Waals surface area (Å²) < 4.78 is 37.2. The molecule has 0 heterocycles. The van der Waals surface area contributed by atoms with Gasteiger partial charge in [-0.3, -0.25) is 9.10 Å². The molecular formula is C21H27BrN2O5S. The molecule has 1 N–H and O–H groups in total. The monoisotopic (exact) mass is 498 g/mol. The summed E-state index contributed by atoms with van der Waals surface area (Å²) in [7, 11) is -0.546. The van der Waals surface area contributed by atoms with Gasteiger partial charge in [-0.2, -0.15) is 0 Å². The number of methoxy groups -OCH3 is 2. The fraction of sp³-hybridized carbons (Fsp3) is 0.381. The minimum atomic E-state index is -3.65. The Labute approximate surface area is 186 Å². The molecule has 2 aromatic carbocycles. The molecule has 0 aliphatic heterocycles. The molecule has 0 saturated heterocycles. The SMILES string of the molecule is CCC(NC(=O)CN(c1ccc(Br)c(C)c1)S(C)(=O)=O)c1ccc(OC)c(OC)c1. The van der Waals surface area contributed by atoms with E-state index in [-0.39, 0.29) is 12.6 Å². The summed E-state index contributed by atoms with van der Waals surface area (Å²) in [5, 5.41) is 2.92. The first-order chi connectivity index (χ1) is 14.1. The zero-order chi connectivity index (χ0) is 22.5. The molecule has 9 heteroatoms. The second-order valence-electron chi connectivity index (χ2n) is 6.85. The Bertz CT molecular complexity index is 1010. The average molecular weight is 499 g/mol. The van der Waals surface area contributed by atoms with Crippen LogP contribution < -0.4 is 19.1 Å². The Morgan fingerprint density at radius 3 is 2.33 bits per heavy atom. The zero-order valence-electron chi connectivity index (χ0n) is 17.7. The second kappa shape index (κ2) is 10.2. The van der Waals surface area contributed by atoms with Crippen LogP contribution in [0.25, 0.3) is 0 Å². The standard InChI is InChI=1S/C21H27BrN2O5S/c1-6-18(15-7-10-19(28-3)20(12-15)29-4)23-21(25)13-24(30(5,26)27)16-8-9-17(22)14(2)11-16/h7-12,18H,6,13H2,1-5H3,(H,23,25). The molecular weight excluding hydrogens is 472 g/mol. The van der Waals surface area contributed by atoms with E-state index in [1.165, 1.54) is 0 Å². The first kappa shape index (κ1) is 24.0. The highest BCUT2D eigenvalue weighted by molar-refractivity contribution is 9.10. The summed E-state index contributed by atoms with van der Waals surface area (Å²) in [6.07, 6.45) is 1.71. The lowest BCUT2D eigenvalue weighted by molar-refractivity contribution is -0.120. The summed E-state index contributed by atoms with van der Waals surface area (Å²) in [6.45, 7) is 3.48. The predicted octanol–water partition coefficient (Wildman–Crippen LogP) is 3.81. The largest absolute Gasteiger partial charge is 0.493 e. The van der Waals surface area contributed by atoms with Crippen LogP contribution in [-0.2, 0) is 14.8 Å². The number of amides is 1. The Balaban J connectivity index is 2.24. The third-order valence-electron chi connectivity index (χ3n) is 4.67. The smallest absolute Gasteiger partial charge is 0.241 e. The highest BCUT2D eigenvalue weighted by Gasteiger charge is 2.23. The Morgan fingerprint density at radius 2 is 1.80 bits per heavy atom. The maximum Gasteiger partial charge on any atom is 0.241 e. The normalized spacial score (nSPS) is 12.2. The van der Waals surface area contributed by atoms with Crippen molar-refractivity contribution in [1.82, 2.24) is 5.32 Å². The molecule has 0 saturated carbocycles. The van der Waals surface area contributed by atoms with Crippen molar-refractivity contribution in [1.29, 1.82) is 0 Å². The fourth-order valence-electron chi connectivity index (χ4n) is 3.05. The molecule has 0 fully saturated rings. The highest BCUT2D eigenvalue weighted by atomic mass is 79.9. The van der Waals surface area contributed by atoms with Crippen LogP contribution in [0.15, 0.2) is 40.9 Å². The quantitative estimate of drug-likeness (QED) is 0.568. The number of aryl methyl sites for hydroxylation is 1. The van der Waals surface area contributed by atoms with Gasteiger partial charge < -0.3 is 14.8 Å². The van der Waals surface area contributed by atoms with E-state index in [0.717, 1.165) is 26.2 Å². The van der Waals surface area contributed by atoms with Crippen LogP contribution in [0.1, 0.15) is 30.5 Å². The Morgan fingerprint density at radius 1 is 1.13 bits per heavy atom. The van der Waals surface area contributed by atoms with Crippen molar-refractivity contribution in [2.24, 2.45) is 0 Å². The molecule has 1 unspecified atom stereocenters. The Kier molecular flexibility index (Phi) is 8.14. The van der Waals surface area contributed by atoms with Crippen molar-refractivity contribution in [3.8, 4) is 11.5 Å². The van der Waals surface area contributed by atoms with E-state index in [4.69, 9.17) is 9.47 Å². The summed E-state index contributed by atoms with van der Waals surface area (Å²) in [5.74, 6) is 0.754. The molecule has 164 valence electrons. The lowest BCUT2D eigenvalue weighted by Crippen LogP contribution is -2.41. The van der Waals surface area contributed by atoms with Crippen LogP contribution in [0.2, 0.25) is 0 Å². The van der Waals surface area contributed by atoms with Crippen molar-refractivity contribution < 1.29 is 22.7 Å². The predicted molar refractivity (Wildman–Crippen MR) is 122 cm³/mol. The third-order valence-corrected chi connectivity index (χ3v) is 6.70. The number of ether oxygens (including phenoxy) is 2. The van der Waals surface area contributed by atoms with Crippen LogP contribution >= 0.6 is 15.9 Å². The number of halogens is 1. The van der Waals surface area contributed by atoms with Crippen LogP contribution in [-0.4, -0.2) is 41.3 Å². The van der Waals surface area contributed by atoms with Gasteiger partial charge >= 0.3 is 0 Å². The van der Waals surface area contributed by atoms with Crippen LogP contribution in [0.5, 0.6) is 11.5 Å². The van der Waals surface area contributed by atoms with Gasteiger partial charge in [-0.15, -0.1) is 0 Å². The maximum absolute atomic E-state index is 12.8. The van der Waals surface area contributed by atoms with Gasteiger partial charge in [0.15, 0.2) is 11.5 Å². The number of nitrogens with zero attached hydrogens (tertiary/aromatic N) is 1. The summed E-state index contributed by atoms with van der Waals surface area (Å²) in [4.78, 5) is 12.8. The minimum absolute atomic E-state index is 0.301. The molecule has 0 aromatic heterocycles. The minimum Gasteiger partial charge on any atom is -0.493 e. The van der Waals surface area contributed by atoms with Crippen LogP contribution in [0, 0.1) is 6.92 Å². The number of rotatable bonds is 9. The molecule has 2 rings (SSSR count). The van der Waals surface area contributed by atoms with Crippen LogP contribution in [0.3, 0.4) is 0 Å². The van der Waals surface area contributed by atoms with E-state index in [9.17, 15) is 13.2 Å². The first-order valence-corrected chi connectivity index (χ1v) is 12.0. The number of anilines is 1. The first-order valence-electron chi connectivity index (χ1n) is 9.35. The number of hydrogen-bond acceptors (Lipinski definition) is 5. The molecule has 0 radical (unpaired) electrons. The fourth-order valence-corrected chi connectivity index (χ4v) is 4.14. The van der Waals surface area contributed by atoms with Gasteiger partial charge in [0.25, 0.3) is 0 Å². The summed E-state index contributed by atoms with van der Waals surface area (Å²) in [6, 6.07) is 10.3. The van der Waals surface area contributed by atoms with E-state index in [2.05, 4.69) is 21.2 Å². The van der Waals surface area contributed by atoms with Gasteiger partial charge in [-0.25, -0.2) is 8.42 Å². The molecule has 0 bridgehead atoms. The summed E-state index contributed by atoms with van der Waals surface area (Å²) >= 11 is 3.40. The topological polar surface area (TPSA) is 84.9 Å². The van der Waals surface area contributed by atoms with E-state index >= 15 is 0 Å². The van der Waals surface area contributed by atoms with Crippen molar-refractivity contribution in [3.63, 3.8) is 0 Å². The zero-order valence-corrected chi connectivity index (χ0v) is 20.1. The molecule has 2 aromatic rings. The third kappa shape index (κ3) is 5.89. The molecule has 0 spiro atoms. The number of carbonyl (C=O) groups excluding carboxylic acids is 1. The van der Waals surface area contributed by atoms with E-state index in [1.54, 1.807) is 44.6 Å².